The van der Waals surface area contributed by atoms with Crippen molar-refractivity contribution in [2.24, 2.45) is 5.10 Å². The number of methoxy groups -OCH3 is 1. The second kappa shape index (κ2) is 11.0. The molecule has 0 fully saturated rings. The molecule has 0 bridgehead atoms. The summed E-state index contributed by atoms with van der Waals surface area (Å²) in [5.41, 5.74) is 3.56. The lowest BCUT2D eigenvalue weighted by atomic mass is 10.2. The molecule has 0 radical (unpaired) electrons. The Morgan fingerprint density at radius 3 is 2.30 bits per heavy atom. The monoisotopic (exact) mass is 489 g/mol. The van der Waals surface area contributed by atoms with Gasteiger partial charge in [-0.05, 0) is 71.8 Å². The van der Waals surface area contributed by atoms with Gasteiger partial charge in [0.15, 0.2) is 0 Å². The molecule has 0 aliphatic carbocycles. The van der Waals surface area contributed by atoms with Crippen LogP contribution in [0.5, 0.6) is 5.75 Å². The van der Waals surface area contributed by atoms with Gasteiger partial charge in [0, 0.05) is 11.6 Å². The second-order valence-corrected chi connectivity index (χ2v) is 9.29. The number of hydrogen-bond acceptors (Lipinski definition) is 5. The van der Waals surface area contributed by atoms with Crippen LogP contribution in [0.15, 0.2) is 82.8 Å². The van der Waals surface area contributed by atoms with Gasteiger partial charge in [0.2, 0.25) is 10.0 Å². The summed E-state index contributed by atoms with van der Waals surface area (Å²) in [6, 6.07) is 18.0. The minimum atomic E-state index is -4.05. The molecule has 3 aromatic carbocycles. The molecule has 7 nitrogen and oxygen atoms in total. The van der Waals surface area contributed by atoms with Crippen LogP contribution in [-0.4, -0.2) is 38.5 Å². The van der Waals surface area contributed by atoms with Gasteiger partial charge < -0.3 is 4.74 Å². The first kappa shape index (κ1) is 24.4. The van der Waals surface area contributed by atoms with Crippen molar-refractivity contribution in [2.75, 3.05) is 13.7 Å². The van der Waals surface area contributed by atoms with Crippen molar-refractivity contribution in [1.82, 2.24) is 9.73 Å². The summed E-state index contributed by atoms with van der Waals surface area (Å²) in [5, 5.41) is 4.26. The van der Waals surface area contributed by atoms with E-state index in [0.717, 1.165) is 4.31 Å². The summed E-state index contributed by atoms with van der Waals surface area (Å²) in [4.78, 5) is 12.5. The van der Waals surface area contributed by atoms with Crippen molar-refractivity contribution in [3.63, 3.8) is 0 Å². The van der Waals surface area contributed by atoms with E-state index in [-0.39, 0.29) is 11.4 Å². The number of carbonyl (C=O) groups is 1. The highest BCUT2D eigenvalue weighted by atomic mass is 35.5. The van der Waals surface area contributed by atoms with E-state index in [1.165, 1.54) is 54.7 Å². The molecule has 1 N–H and O–H groups in total. The summed E-state index contributed by atoms with van der Waals surface area (Å²) in [7, 11) is -2.50. The van der Waals surface area contributed by atoms with Crippen LogP contribution in [0, 0.1) is 5.82 Å². The van der Waals surface area contributed by atoms with Crippen LogP contribution in [0.2, 0.25) is 5.02 Å². The molecule has 33 heavy (non-hydrogen) atoms. The third-order valence-electron chi connectivity index (χ3n) is 4.56. The average Bonchev–Trinajstić information content (AvgIpc) is 2.81. The van der Waals surface area contributed by atoms with Gasteiger partial charge in [-0.2, -0.15) is 9.41 Å². The van der Waals surface area contributed by atoms with E-state index in [1.54, 1.807) is 31.4 Å². The van der Waals surface area contributed by atoms with E-state index in [0.29, 0.717) is 21.9 Å². The third-order valence-corrected chi connectivity index (χ3v) is 6.62. The Bertz CT molecular complexity index is 1220. The van der Waals surface area contributed by atoms with Crippen molar-refractivity contribution >= 4 is 33.7 Å². The molecule has 172 valence electrons. The Balaban J connectivity index is 1.76. The van der Waals surface area contributed by atoms with Crippen LogP contribution in [0.3, 0.4) is 0 Å². The number of sulfonamides is 1. The molecule has 0 saturated carbocycles. The van der Waals surface area contributed by atoms with Crippen molar-refractivity contribution < 1.29 is 22.3 Å². The molecule has 0 aliphatic heterocycles. The van der Waals surface area contributed by atoms with Crippen LogP contribution in [-0.2, 0) is 21.4 Å². The van der Waals surface area contributed by atoms with Crippen molar-refractivity contribution in [1.29, 1.82) is 0 Å². The molecular weight excluding hydrogens is 469 g/mol. The molecule has 0 atom stereocenters. The predicted molar refractivity (Wildman–Crippen MR) is 124 cm³/mol. The molecule has 0 aromatic heterocycles. The SMILES string of the molecule is COc1ccc(/C=N\NC(=O)CN(Cc2ccc(F)cc2)S(=O)(=O)c2ccc(Cl)cc2)cc1. The minimum Gasteiger partial charge on any atom is -0.497 e. The highest BCUT2D eigenvalue weighted by Crippen LogP contribution is 2.20. The molecule has 10 heteroatoms. The number of hydrogen-bond donors (Lipinski definition) is 1. The average molecular weight is 490 g/mol. The van der Waals surface area contributed by atoms with E-state index >= 15 is 0 Å². The summed E-state index contributed by atoms with van der Waals surface area (Å²) in [6.45, 7) is -0.636. The number of benzene rings is 3. The lowest BCUT2D eigenvalue weighted by Gasteiger charge is -2.21. The predicted octanol–water partition coefficient (Wildman–Crippen LogP) is 3.83. The number of nitrogens with zero attached hydrogens (tertiary/aromatic N) is 2. The standard InChI is InChI=1S/C23H21ClFN3O4S/c1-32-21-10-4-17(5-11-21)14-26-27-23(29)16-28(15-18-2-8-20(25)9-3-18)33(30,31)22-12-6-19(24)7-13-22/h2-14H,15-16H2,1H3,(H,27,29)/b26-14-. The van der Waals surface area contributed by atoms with Gasteiger partial charge in [-0.15, -0.1) is 0 Å². The summed E-state index contributed by atoms with van der Waals surface area (Å²) < 4.78 is 45.7. The van der Waals surface area contributed by atoms with Gasteiger partial charge in [0.1, 0.15) is 11.6 Å². The van der Waals surface area contributed by atoms with Crippen molar-refractivity contribution in [3.8, 4) is 5.75 Å². The molecule has 1 amide bonds. The molecule has 0 unspecified atom stereocenters. The number of rotatable bonds is 9. The summed E-state index contributed by atoms with van der Waals surface area (Å²) in [6.07, 6.45) is 1.43. The van der Waals surface area contributed by atoms with Crippen molar-refractivity contribution in [2.45, 2.75) is 11.4 Å². The zero-order valence-corrected chi connectivity index (χ0v) is 19.2. The Hall–Kier alpha value is -3.27. The Morgan fingerprint density at radius 2 is 1.70 bits per heavy atom. The summed E-state index contributed by atoms with van der Waals surface area (Å²) >= 11 is 5.86. The molecule has 3 aromatic rings. The lowest BCUT2D eigenvalue weighted by molar-refractivity contribution is -0.121. The van der Waals surface area contributed by atoms with E-state index in [2.05, 4.69) is 10.5 Å². The van der Waals surface area contributed by atoms with Crippen LogP contribution in [0.4, 0.5) is 4.39 Å². The maximum Gasteiger partial charge on any atom is 0.255 e. The second-order valence-electron chi connectivity index (χ2n) is 6.92. The molecular formula is C23H21ClFN3O4S. The van der Waals surface area contributed by atoms with Crippen LogP contribution >= 0.6 is 11.6 Å². The molecule has 3 rings (SSSR count). The van der Waals surface area contributed by atoms with Crippen LogP contribution in [0.1, 0.15) is 11.1 Å². The van der Waals surface area contributed by atoms with Gasteiger partial charge in [-0.25, -0.2) is 18.2 Å². The first-order chi connectivity index (χ1) is 15.8. The zero-order chi connectivity index (χ0) is 23.8. The van der Waals surface area contributed by atoms with Gasteiger partial charge in [-0.1, -0.05) is 23.7 Å². The van der Waals surface area contributed by atoms with Crippen molar-refractivity contribution in [3.05, 3.63) is 94.8 Å². The van der Waals surface area contributed by atoms with E-state index in [9.17, 15) is 17.6 Å². The maximum atomic E-state index is 13.3. The molecule has 0 heterocycles. The smallest absolute Gasteiger partial charge is 0.255 e. The fourth-order valence-electron chi connectivity index (χ4n) is 2.84. The van der Waals surface area contributed by atoms with E-state index < -0.39 is 28.3 Å². The Labute approximate surface area is 196 Å². The number of hydrazone groups is 1. The molecule has 0 spiro atoms. The zero-order valence-electron chi connectivity index (χ0n) is 17.6. The molecule has 0 aliphatic rings. The number of halogens is 2. The van der Waals surface area contributed by atoms with Gasteiger partial charge in [0.05, 0.1) is 24.8 Å². The van der Waals surface area contributed by atoms with Gasteiger partial charge >= 0.3 is 0 Å². The fraction of sp³-hybridized carbons (Fsp3) is 0.130. The lowest BCUT2D eigenvalue weighted by Crippen LogP contribution is -2.39. The first-order valence-electron chi connectivity index (χ1n) is 9.74. The van der Waals surface area contributed by atoms with Crippen LogP contribution in [0.25, 0.3) is 0 Å². The van der Waals surface area contributed by atoms with Crippen LogP contribution < -0.4 is 10.2 Å². The third kappa shape index (κ3) is 6.85. The Kier molecular flexibility index (Phi) is 8.16. The Morgan fingerprint density at radius 1 is 1.06 bits per heavy atom. The fourth-order valence-corrected chi connectivity index (χ4v) is 4.35. The maximum absolute atomic E-state index is 13.3. The normalized spacial score (nSPS) is 11.6. The highest BCUT2D eigenvalue weighted by Gasteiger charge is 2.27. The quantitative estimate of drug-likeness (QED) is 0.365. The number of carbonyl (C=O) groups excluding carboxylic acids is 1. The summed E-state index contributed by atoms with van der Waals surface area (Å²) in [5.74, 6) is -0.407. The van der Waals surface area contributed by atoms with Gasteiger partial charge in [0.25, 0.3) is 5.91 Å². The highest BCUT2D eigenvalue weighted by molar-refractivity contribution is 7.89. The van der Waals surface area contributed by atoms with E-state index in [1.807, 2.05) is 0 Å². The first-order valence-corrected chi connectivity index (χ1v) is 11.6. The molecule has 0 saturated heterocycles. The van der Waals surface area contributed by atoms with E-state index in [4.69, 9.17) is 16.3 Å². The topological polar surface area (TPSA) is 88.1 Å². The number of amides is 1. The van der Waals surface area contributed by atoms with Gasteiger partial charge in [-0.3, -0.25) is 4.79 Å². The number of nitrogens with one attached hydrogen (secondary N) is 1. The minimum absolute atomic E-state index is 0.0245. The largest absolute Gasteiger partial charge is 0.497 e. The number of ether oxygens (including phenoxy) is 1.